The van der Waals surface area contributed by atoms with Gasteiger partial charge in [-0.05, 0) is 31.5 Å². The van der Waals surface area contributed by atoms with Gasteiger partial charge in [0.15, 0.2) is 5.69 Å². The molecule has 26 heavy (non-hydrogen) atoms. The van der Waals surface area contributed by atoms with Crippen LogP contribution in [0.15, 0.2) is 36.5 Å². The molecule has 1 fully saturated rings. The van der Waals surface area contributed by atoms with Crippen LogP contribution in [0.25, 0.3) is 10.9 Å². The van der Waals surface area contributed by atoms with Gasteiger partial charge in [-0.1, -0.05) is 29.8 Å². The van der Waals surface area contributed by atoms with Crippen LogP contribution in [-0.4, -0.2) is 33.8 Å². The van der Waals surface area contributed by atoms with Crippen molar-refractivity contribution >= 4 is 39.9 Å². The second-order valence-electron chi connectivity index (χ2n) is 6.33. The van der Waals surface area contributed by atoms with Gasteiger partial charge in [-0.15, -0.1) is 0 Å². The average molecular weight is 371 g/mol. The molecule has 0 bridgehead atoms. The number of rotatable bonds is 3. The minimum absolute atomic E-state index is 0.115. The summed E-state index contributed by atoms with van der Waals surface area (Å²) in [5, 5.41) is 11.7. The van der Waals surface area contributed by atoms with Crippen molar-refractivity contribution in [2.24, 2.45) is 0 Å². The van der Waals surface area contributed by atoms with E-state index in [9.17, 15) is 4.79 Å². The topological polar surface area (TPSA) is 97.9 Å². The predicted molar refractivity (Wildman–Crippen MR) is 102 cm³/mol. The smallest absolute Gasteiger partial charge is 0.276 e. The molecule has 3 heterocycles. The number of carbonyl (C=O) groups is 1. The monoisotopic (exact) mass is 370 g/mol. The van der Waals surface area contributed by atoms with E-state index in [0.29, 0.717) is 21.6 Å². The quantitative estimate of drug-likeness (QED) is 0.658. The number of carbonyl (C=O) groups excluding carboxylic acids is 1. The van der Waals surface area contributed by atoms with E-state index in [1.165, 1.54) is 6.20 Å². The van der Waals surface area contributed by atoms with E-state index in [1.54, 1.807) is 0 Å². The highest BCUT2D eigenvalue weighted by Gasteiger charge is 2.26. The number of nitrogens with two attached hydrogens (primary N) is 1. The molecule has 3 aromatic rings. The summed E-state index contributed by atoms with van der Waals surface area (Å²) in [6.07, 6.45) is 3.50. The number of benzene rings is 1. The third kappa shape index (κ3) is 3.00. The zero-order valence-corrected chi connectivity index (χ0v) is 14.8. The summed E-state index contributed by atoms with van der Waals surface area (Å²) in [7, 11) is 0. The van der Waals surface area contributed by atoms with Crippen LogP contribution < -0.4 is 16.4 Å². The standard InChI is InChI=1S/C18H19ClN6O/c19-13-10-22-17(20)14-15(18(26)23-11-5-2-1-3-6-11)24-25(16(13)14)12-7-4-8-21-9-12/h1-3,5-6,10,12,21H,4,7-9H2,(H2,20,22)(H,23,26). The number of nitrogens with one attached hydrogen (secondary N) is 2. The second kappa shape index (κ2) is 6.93. The molecule has 0 saturated carbocycles. The molecule has 4 N–H and O–H groups in total. The van der Waals surface area contributed by atoms with Crippen LogP contribution in [0, 0.1) is 0 Å². The van der Waals surface area contributed by atoms with E-state index in [2.05, 4.69) is 20.7 Å². The maximum absolute atomic E-state index is 12.9. The summed E-state index contributed by atoms with van der Waals surface area (Å²) in [6.45, 7) is 1.75. The van der Waals surface area contributed by atoms with Crippen molar-refractivity contribution < 1.29 is 4.79 Å². The Morgan fingerprint density at radius 2 is 2.15 bits per heavy atom. The van der Waals surface area contributed by atoms with Crippen molar-refractivity contribution in [2.75, 3.05) is 24.1 Å². The summed E-state index contributed by atoms with van der Waals surface area (Å²) in [4.78, 5) is 17.0. The number of para-hydroxylation sites is 1. The van der Waals surface area contributed by atoms with Gasteiger partial charge in [-0.3, -0.25) is 9.48 Å². The number of hydrogen-bond donors (Lipinski definition) is 3. The molecule has 4 rings (SSSR count). The minimum atomic E-state index is -0.334. The van der Waals surface area contributed by atoms with E-state index in [0.717, 1.165) is 25.9 Å². The lowest BCUT2D eigenvalue weighted by atomic mass is 10.1. The molecule has 2 aromatic heterocycles. The van der Waals surface area contributed by atoms with E-state index >= 15 is 0 Å². The predicted octanol–water partition coefficient (Wildman–Crippen LogP) is 2.84. The molecule has 1 unspecified atom stereocenters. The Hall–Kier alpha value is -2.64. The Morgan fingerprint density at radius 1 is 1.35 bits per heavy atom. The minimum Gasteiger partial charge on any atom is -0.383 e. The van der Waals surface area contributed by atoms with Crippen molar-refractivity contribution in [2.45, 2.75) is 18.9 Å². The van der Waals surface area contributed by atoms with Gasteiger partial charge in [0.05, 0.1) is 28.2 Å². The van der Waals surface area contributed by atoms with Crippen molar-refractivity contribution in [1.82, 2.24) is 20.1 Å². The number of aromatic nitrogens is 3. The number of piperidine rings is 1. The number of fused-ring (bicyclic) bond motifs is 1. The third-order valence-corrected chi connectivity index (χ3v) is 4.85. The normalized spacial score (nSPS) is 17.3. The molecule has 1 amide bonds. The maximum atomic E-state index is 12.9. The largest absolute Gasteiger partial charge is 0.383 e. The van der Waals surface area contributed by atoms with Crippen molar-refractivity contribution in [1.29, 1.82) is 0 Å². The first-order valence-corrected chi connectivity index (χ1v) is 8.92. The van der Waals surface area contributed by atoms with Gasteiger partial charge in [-0.25, -0.2) is 4.98 Å². The fraction of sp³-hybridized carbons (Fsp3) is 0.278. The van der Waals surface area contributed by atoms with Crippen molar-refractivity contribution in [3.8, 4) is 0 Å². The van der Waals surface area contributed by atoms with E-state index < -0.39 is 0 Å². The van der Waals surface area contributed by atoms with Crippen LogP contribution in [-0.2, 0) is 0 Å². The Labute approximate surface area is 155 Å². The highest BCUT2D eigenvalue weighted by molar-refractivity contribution is 6.36. The lowest BCUT2D eigenvalue weighted by Gasteiger charge is -2.24. The molecule has 0 radical (unpaired) electrons. The lowest BCUT2D eigenvalue weighted by molar-refractivity contribution is 0.102. The summed E-state index contributed by atoms with van der Waals surface area (Å²) in [6, 6.07) is 9.34. The first-order chi connectivity index (χ1) is 12.6. The summed E-state index contributed by atoms with van der Waals surface area (Å²) >= 11 is 6.40. The Morgan fingerprint density at radius 3 is 2.88 bits per heavy atom. The summed E-state index contributed by atoms with van der Waals surface area (Å²) in [5.41, 5.74) is 7.67. The van der Waals surface area contributed by atoms with Crippen molar-refractivity contribution in [3.05, 3.63) is 47.2 Å². The Bertz CT molecular complexity index is 949. The van der Waals surface area contributed by atoms with E-state index in [4.69, 9.17) is 17.3 Å². The molecule has 134 valence electrons. The molecule has 8 heteroatoms. The summed E-state index contributed by atoms with van der Waals surface area (Å²) < 4.78 is 1.82. The zero-order chi connectivity index (χ0) is 18.1. The van der Waals surface area contributed by atoms with Gasteiger partial charge >= 0.3 is 0 Å². The number of pyridine rings is 1. The molecule has 1 aliphatic heterocycles. The molecular weight excluding hydrogens is 352 g/mol. The number of halogens is 1. The third-order valence-electron chi connectivity index (χ3n) is 4.57. The van der Waals surface area contributed by atoms with Crippen LogP contribution in [0.5, 0.6) is 0 Å². The van der Waals surface area contributed by atoms with Gasteiger partial charge in [0, 0.05) is 12.2 Å². The number of nitrogens with zero attached hydrogens (tertiary/aromatic N) is 3. The molecule has 0 aliphatic carbocycles. The van der Waals surface area contributed by atoms with Crippen LogP contribution in [0.2, 0.25) is 5.02 Å². The number of hydrogen-bond acceptors (Lipinski definition) is 5. The Kier molecular flexibility index (Phi) is 4.48. The SMILES string of the molecule is Nc1ncc(Cl)c2c1c(C(=O)Nc1ccccc1)nn2C1CCCNC1. The van der Waals surface area contributed by atoms with E-state index in [-0.39, 0.29) is 23.5 Å². The van der Waals surface area contributed by atoms with Crippen LogP contribution in [0.3, 0.4) is 0 Å². The summed E-state index contributed by atoms with van der Waals surface area (Å²) in [5.74, 6) is -0.0860. The molecule has 0 spiro atoms. The van der Waals surface area contributed by atoms with Gasteiger partial charge in [0.1, 0.15) is 5.82 Å². The molecule has 1 aliphatic rings. The highest BCUT2D eigenvalue weighted by atomic mass is 35.5. The molecule has 1 saturated heterocycles. The number of nitrogen functional groups attached to an aromatic ring is 1. The van der Waals surface area contributed by atoms with Crippen LogP contribution in [0.4, 0.5) is 11.5 Å². The van der Waals surface area contributed by atoms with Gasteiger partial charge in [0.2, 0.25) is 0 Å². The molecule has 7 nitrogen and oxygen atoms in total. The van der Waals surface area contributed by atoms with Gasteiger partial charge < -0.3 is 16.4 Å². The molecule has 1 aromatic carbocycles. The fourth-order valence-electron chi connectivity index (χ4n) is 3.33. The fourth-order valence-corrected chi connectivity index (χ4v) is 3.56. The highest BCUT2D eigenvalue weighted by Crippen LogP contribution is 2.33. The van der Waals surface area contributed by atoms with Gasteiger partial charge in [-0.2, -0.15) is 5.10 Å². The first kappa shape index (κ1) is 16.8. The number of anilines is 2. The number of amides is 1. The molecular formula is C18H19ClN6O. The average Bonchev–Trinajstić information content (AvgIpc) is 3.08. The molecule has 1 atom stereocenters. The van der Waals surface area contributed by atoms with Crippen molar-refractivity contribution in [3.63, 3.8) is 0 Å². The lowest BCUT2D eigenvalue weighted by Crippen LogP contribution is -2.32. The van der Waals surface area contributed by atoms with Crippen LogP contribution >= 0.6 is 11.6 Å². The maximum Gasteiger partial charge on any atom is 0.276 e. The van der Waals surface area contributed by atoms with Crippen LogP contribution in [0.1, 0.15) is 29.4 Å². The first-order valence-electron chi connectivity index (χ1n) is 8.54. The second-order valence-corrected chi connectivity index (χ2v) is 6.74. The zero-order valence-electron chi connectivity index (χ0n) is 14.1. The van der Waals surface area contributed by atoms with Gasteiger partial charge in [0.25, 0.3) is 5.91 Å². The Balaban J connectivity index is 1.81. The van der Waals surface area contributed by atoms with E-state index in [1.807, 2.05) is 35.0 Å².